The van der Waals surface area contributed by atoms with E-state index in [9.17, 15) is 9.90 Å². The third-order valence-corrected chi connectivity index (χ3v) is 1.97. The van der Waals surface area contributed by atoms with E-state index >= 15 is 0 Å². The highest BCUT2D eigenvalue weighted by Crippen LogP contribution is 2.18. The van der Waals surface area contributed by atoms with E-state index in [2.05, 4.69) is 0 Å². The quantitative estimate of drug-likeness (QED) is 0.565. The molecule has 3 N–H and O–H groups in total. The molecule has 0 aliphatic rings. The number of hydrogen-bond acceptors (Lipinski definition) is 3. The van der Waals surface area contributed by atoms with Crippen LogP contribution in [-0.2, 0) is 4.79 Å². The average molecular weight is 176 g/mol. The first kappa shape index (κ1) is 11.4. The Labute approximate surface area is 71.8 Å². The minimum atomic E-state index is -1.98. The molecule has 0 saturated carbocycles. The van der Waals surface area contributed by atoms with Crippen molar-refractivity contribution >= 4 is 5.97 Å². The first-order valence-corrected chi connectivity index (χ1v) is 4.09. The van der Waals surface area contributed by atoms with Crippen LogP contribution in [0.4, 0.5) is 0 Å². The SMILES string of the molecule is CCCCC(O)(C(=O)O)C(C)O. The fourth-order valence-corrected chi connectivity index (χ4v) is 0.941. The molecule has 0 rings (SSSR count). The number of carbonyl (C=O) groups is 1. The summed E-state index contributed by atoms with van der Waals surface area (Å²) in [6.45, 7) is 3.17. The van der Waals surface area contributed by atoms with E-state index in [1.165, 1.54) is 6.92 Å². The third-order valence-electron chi connectivity index (χ3n) is 1.97. The van der Waals surface area contributed by atoms with E-state index in [0.717, 1.165) is 6.42 Å². The molecule has 0 spiro atoms. The Morgan fingerprint density at radius 3 is 2.33 bits per heavy atom. The first-order valence-electron chi connectivity index (χ1n) is 4.09. The van der Waals surface area contributed by atoms with Crippen molar-refractivity contribution in [3.8, 4) is 0 Å². The molecular formula is C8H16O4. The van der Waals surface area contributed by atoms with Crippen molar-refractivity contribution in [3.63, 3.8) is 0 Å². The predicted octanol–water partition coefficient (Wildman–Crippen LogP) is 0.373. The summed E-state index contributed by atoms with van der Waals surface area (Å²) in [6, 6.07) is 0. The third kappa shape index (κ3) is 2.46. The molecule has 0 amide bonds. The predicted molar refractivity (Wildman–Crippen MR) is 43.8 cm³/mol. The largest absolute Gasteiger partial charge is 0.479 e. The van der Waals surface area contributed by atoms with Crippen LogP contribution in [-0.4, -0.2) is 33.0 Å². The van der Waals surface area contributed by atoms with E-state index in [1.807, 2.05) is 6.92 Å². The van der Waals surface area contributed by atoms with Crippen LogP contribution < -0.4 is 0 Å². The molecule has 12 heavy (non-hydrogen) atoms. The maximum absolute atomic E-state index is 10.6. The van der Waals surface area contributed by atoms with Crippen LogP contribution in [0.2, 0.25) is 0 Å². The highest BCUT2D eigenvalue weighted by Gasteiger charge is 2.40. The lowest BCUT2D eigenvalue weighted by Crippen LogP contribution is -2.48. The van der Waals surface area contributed by atoms with Gasteiger partial charge in [0.25, 0.3) is 0 Å². The summed E-state index contributed by atoms with van der Waals surface area (Å²) in [5.74, 6) is -1.36. The Morgan fingerprint density at radius 1 is 1.58 bits per heavy atom. The second kappa shape index (κ2) is 4.42. The lowest BCUT2D eigenvalue weighted by atomic mass is 9.92. The Kier molecular flexibility index (Phi) is 4.20. The molecule has 2 unspecified atom stereocenters. The standard InChI is InChI=1S/C8H16O4/c1-3-4-5-8(12,6(2)9)7(10)11/h6,9,12H,3-5H2,1-2H3,(H,10,11). The summed E-state index contributed by atoms with van der Waals surface area (Å²) in [7, 11) is 0. The van der Waals surface area contributed by atoms with Gasteiger partial charge < -0.3 is 15.3 Å². The van der Waals surface area contributed by atoms with E-state index in [4.69, 9.17) is 10.2 Å². The first-order chi connectivity index (χ1) is 5.45. The zero-order valence-corrected chi connectivity index (χ0v) is 7.45. The zero-order valence-electron chi connectivity index (χ0n) is 7.45. The van der Waals surface area contributed by atoms with Crippen LogP contribution in [0, 0.1) is 0 Å². The van der Waals surface area contributed by atoms with Gasteiger partial charge in [-0.1, -0.05) is 19.8 Å². The van der Waals surface area contributed by atoms with Gasteiger partial charge in [0.15, 0.2) is 5.60 Å². The molecule has 0 bridgehead atoms. The summed E-state index contributed by atoms with van der Waals surface area (Å²) in [4.78, 5) is 10.6. The molecule has 0 aromatic heterocycles. The summed E-state index contributed by atoms with van der Waals surface area (Å²) >= 11 is 0. The minimum absolute atomic E-state index is 0.0938. The number of carboxylic acids is 1. The number of rotatable bonds is 5. The molecule has 0 aliphatic carbocycles. The number of unbranched alkanes of at least 4 members (excludes halogenated alkanes) is 1. The van der Waals surface area contributed by atoms with Gasteiger partial charge in [0, 0.05) is 0 Å². The average Bonchev–Trinajstić information content (AvgIpc) is 1.99. The van der Waals surface area contributed by atoms with E-state index in [0.29, 0.717) is 6.42 Å². The maximum atomic E-state index is 10.6. The summed E-state index contributed by atoms with van der Waals surface area (Å²) < 4.78 is 0. The molecule has 0 radical (unpaired) electrons. The van der Waals surface area contributed by atoms with Crippen molar-refractivity contribution < 1.29 is 20.1 Å². The van der Waals surface area contributed by atoms with Crippen molar-refractivity contribution in [2.24, 2.45) is 0 Å². The normalized spacial score (nSPS) is 18.3. The van der Waals surface area contributed by atoms with Crippen LogP contribution >= 0.6 is 0 Å². The van der Waals surface area contributed by atoms with Crippen molar-refractivity contribution in [3.05, 3.63) is 0 Å². The Hall–Kier alpha value is -0.610. The Bertz CT molecular complexity index is 155. The van der Waals surface area contributed by atoms with Gasteiger partial charge >= 0.3 is 5.97 Å². The molecular weight excluding hydrogens is 160 g/mol. The second-order valence-corrected chi connectivity index (χ2v) is 3.01. The van der Waals surface area contributed by atoms with Crippen LogP contribution in [0.15, 0.2) is 0 Å². The van der Waals surface area contributed by atoms with Crippen LogP contribution in [0.25, 0.3) is 0 Å². The summed E-state index contributed by atoms with van der Waals surface area (Å²) in [5, 5.41) is 27.1. The van der Waals surface area contributed by atoms with E-state index in [1.54, 1.807) is 0 Å². The maximum Gasteiger partial charge on any atom is 0.338 e. The highest BCUT2D eigenvalue weighted by molar-refractivity contribution is 5.77. The molecule has 4 heteroatoms. The van der Waals surface area contributed by atoms with Crippen LogP contribution in [0.3, 0.4) is 0 Å². The molecule has 0 aromatic rings. The smallest absolute Gasteiger partial charge is 0.338 e. The van der Waals surface area contributed by atoms with Crippen molar-refractivity contribution in [2.45, 2.75) is 44.8 Å². The lowest BCUT2D eigenvalue weighted by Gasteiger charge is -2.25. The monoisotopic (exact) mass is 176 g/mol. The van der Waals surface area contributed by atoms with Gasteiger partial charge in [0.1, 0.15) is 0 Å². The van der Waals surface area contributed by atoms with Gasteiger partial charge in [0.2, 0.25) is 0 Å². The van der Waals surface area contributed by atoms with Gasteiger partial charge in [-0.05, 0) is 13.3 Å². The Balaban J connectivity index is 4.29. The van der Waals surface area contributed by atoms with Gasteiger partial charge in [0.05, 0.1) is 6.10 Å². The number of aliphatic hydroxyl groups is 2. The number of hydrogen-bond donors (Lipinski definition) is 3. The van der Waals surface area contributed by atoms with Crippen molar-refractivity contribution in [2.75, 3.05) is 0 Å². The molecule has 72 valence electrons. The molecule has 0 fully saturated rings. The van der Waals surface area contributed by atoms with Gasteiger partial charge in [-0.2, -0.15) is 0 Å². The molecule has 0 saturated heterocycles. The fourth-order valence-electron chi connectivity index (χ4n) is 0.941. The molecule has 4 nitrogen and oxygen atoms in total. The van der Waals surface area contributed by atoms with Gasteiger partial charge in [-0.25, -0.2) is 4.79 Å². The van der Waals surface area contributed by atoms with Crippen molar-refractivity contribution in [1.82, 2.24) is 0 Å². The highest BCUT2D eigenvalue weighted by atomic mass is 16.4. The van der Waals surface area contributed by atoms with E-state index in [-0.39, 0.29) is 6.42 Å². The molecule has 2 atom stereocenters. The number of aliphatic hydroxyl groups excluding tert-OH is 1. The number of carboxylic acid groups (broad SMARTS) is 1. The topological polar surface area (TPSA) is 77.8 Å². The molecule has 0 aromatic carbocycles. The minimum Gasteiger partial charge on any atom is -0.479 e. The van der Waals surface area contributed by atoms with Gasteiger partial charge in [-0.15, -0.1) is 0 Å². The summed E-state index contributed by atoms with van der Waals surface area (Å²) in [6.07, 6.45) is 0.244. The number of aliphatic carboxylic acids is 1. The summed E-state index contributed by atoms with van der Waals surface area (Å²) in [5.41, 5.74) is -1.98. The lowest BCUT2D eigenvalue weighted by molar-refractivity contribution is -0.171. The Morgan fingerprint density at radius 2 is 2.08 bits per heavy atom. The zero-order chi connectivity index (χ0) is 9.78. The second-order valence-electron chi connectivity index (χ2n) is 3.01. The molecule has 0 aliphatic heterocycles. The van der Waals surface area contributed by atoms with Crippen LogP contribution in [0.5, 0.6) is 0 Å². The van der Waals surface area contributed by atoms with Crippen molar-refractivity contribution in [1.29, 1.82) is 0 Å². The fraction of sp³-hybridized carbons (Fsp3) is 0.875. The van der Waals surface area contributed by atoms with E-state index < -0.39 is 17.7 Å². The molecule has 0 heterocycles. The van der Waals surface area contributed by atoms with Gasteiger partial charge in [-0.3, -0.25) is 0 Å². The van der Waals surface area contributed by atoms with Crippen LogP contribution in [0.1, 0.15) is 33.1 Å².